The minimum Gasteiger partial charge on any atom is -0.487 e. The molecule has 0 saturated carbocycles. The Morgan fingerprint density at radius 2 is 1.82 bits per heavy atom. The largest absolute Gasteiger partial charge is 0.487 e. The number of amides is 1. The molecular formula is C24H16ClI2N3O4. The highest BCUT2D eigenvalue weighted by atomic mass is 127. The van der Waals surface area contributed by atoms with Gasteiger partial charge in [0.2, 0.25) is 0 Å². The number of non-ortho nitro benzene ring substituents is 1. The number of carbonyl (C=O) groups excluding carboxylic acids is 1. The van der Waals surface area contributed by atoms with Gasteiger partial charge in [0.1, 0.15) is 24.0 Å². The number of rotatable bonds is 7. The number of nitro benzene ring substituents is 1. The quantitative estimate of drug-likeness (QED) is 0.0951. The number of halogens is 3. The maximum atomic E-state index is 12.6. The van der Waals surface area contributed by atoms with Gasteiger partial charge in [-0.1, -0.05) is 41.4 Å². The second-order valence-corrected chi connectivity index (χ2v) is 9.86. The van der Waals surface area contributed by atoms with Crippen LogP contribution in [0.25, 0.3) is 6.08 Å². The zero-order valence-electron chi connectivity index (χ0n) is 17.6. The van der Waals surface area contributed by atoms with Gasteiger partial charge in [-0.2, -0.15) is 5.26 Å². The fourth-order valence-corrected chi connectivity index (χ4v) is 5.16. The number of nitrogens with zero attached hydrogens (tertiary/aromatic N) is 2. The molecular weight excluding hydrogens is 684 g/mol. The van der Waals surface area contributed by atoms with Crippen LogP contribution in [0.1, 0.15) is 16.7 Å². The van der Waals surface area contributed by atoms with E-state index in [-0.39, 0.29) is 22.0 Å². The zero-order chi connectivity index (χ0) is 24.8. The third-order valence-corrected chi connectivity index (χ3v) is 6.54. The van der Waals surface area contributed by atoms with E-state index in [2.05, 4.69) is 50.5 Å². The lowest BCUT2D eigenvalue weighted by Crippen LogP contribution is -2.14. The number of nitrogens with one attached hydrogen (secondary N) is 1. The van der Waals surface area contributed by atoms with Crippen LogP contribution in [0.3, 0.4) is 0 Å². The van der Waals surface area contributed by atoms with Crippen molar-refractivity contribution in [3.05, 3.63) is 99.1 Å². The Morgan fingerprint density at radius 3 is 2.41 bits per heavy atom. The van der Waals surface area contributed by atoms with Crippen LogP contribution < -0.4 is 10.1 Å². The first kappa shape index (κ1) is 25.9. The van der Waals surface area contributed by atoms with Gasteiger partial charge >= 0.3 is 0 Å². The first-order valence-electron chi connectivity index (χ1n) is 9.72. The summed E-state index contributed by atoms with van der Waals surface area (Å²) >= 11 is 10.3. The molecule has 0 aliphatic heterocycles. The highest BCUT2D eigenvalue weighted by Gasteiger charge is 2.16. The lowest BCUT2D eigenvalue weighted by molar-refractivity contribution is -0.384. The van der Waals surface area contributed by atoms with Crippen molar-refractivity contribution in [1.82, 2.24) is 0 Å². The van der Waals surface area contributed by atoms with E-state index in [1.54, 1.807) is 12.1 Å². The van der Waals surface area contributed by atoms with Crippen LogP contribution in [0.15, 0.2) is 60.2 Å². The first-order valence-corrected chi connectivity index (χ1v) is 12.3. The molecule has 34 heavy (non-hydrogen) atoms. The summed E-state index contributed by atoms with van der Waals surface area (Å²) < 4.78 is 7.64. The van der Waals surface area contributed by atoms with E-state index in [1.165, 1.54) is 23.8 Å². The van der Waals surface area contributed by atoms with Gasteiger partial charge in [0.15, 0.2) is 0 Å². The van der Waals surface area contributed by atoms with Gasteiger partial charge in [-0.25, -0.2) is 0 Å². The number of ether oxygens (including phenoxy) is 1. The van der Waals surface area contributed by atoms with Gasteiger partial charge in [-0.05, 0) is 87.5 Å². The van der Waals surface area contributed by atoms with Crippen molar-refractivity contribution >= 4 is 80.1 Å². The fourth-order valence-electron chi connectivity index (χ4n) is 2.87. The van der Waals surface area contributed by atoms with Crippen molar-refractivity contribution in [2.24, 2.45) is 0 Å². The molecule has 0 unspecified atom stereocenters. The Kier molecular flexibility index (Phi) is 8.87. The molecule has 0 heterocycles. The number of carbonyl (C=O) groups is 1. The van der Waals surface area contributed by atoms with E-state index in [0.29, 0.717) is 17.9 Å². The first-order chi connectivity index (χ1) is 16.2. The maximum absolute atomic E-state index is 12.6. The fraction of sp³-hybridized carbons (Fsp3) is 0.0833. The van der Waals surface area contributed by atoms with Crippen molar-refractivity contribution in [3.63, 3.8) is 0 Å². The van der Waals surface area contributed by atoms with E-state index in [1.807, 2.05) is 37.3 Å². The standard InChI is InChI=1S/C24H16ClI2N3O4/c1-14-2-4-15(5-3-14)13-34-23-20(26)9-16(10-21(23)27)8-17(12-28)24(31)29-22-11-18(30(32)33)6-7-19(22)25/h2-11H,13H2,1H3,(H,29,31)/b17-8+. The highest BCUT2D eigenvalue weighted by molar-refractivity contribution is 14.1. The van der Waals surface area contributed by atoms with E-state index in [4.69, 9.17) is 16.3 Å². The average molecular weight is 700 g/mol. The molecule has 0 aliphatic carbocycles. The molecule has 0 spiro atoms. The van der Waals surface area contributed by atoms with Gasteiger partial charge in [-0.3, -0.25) is 14.9 Å². The van der Waals surface area contributed by atoms with E-state index >= 15 is 0 Å². The molecule has 3 rings (SSSR count). The molecule has 0 atom stereocenters. The molecule has 1 N–H and O–H groups in total. The van der Waals surface area contributed by atoms with Crippen LogP contribution in [-0.4, -0.2) is 10.8 Å². The van der Waals surface area contributed by atoms with Crippen molar-refractivity contribution in [2.45, 2.75) is 13.5 Å². The van der Waals surface area contributed by atoms with E-state index < -0.39 is 10.8 Å². The zero-order valence-corrected chi connectivity index (χ0v) is 22.7. The number of hydrogen-bond acceptors (Lipinski definition) is 5. The Morgan fingerprint density at radius 1 is 1.18 bits per heavy atom. The van der Waals surface area contributed by atoms with Gasteiger partial charge < -0.3 is 10.1 Å². The number of hydrogen-bond donors (Lipinski definition) is 1. The third kappa shape index (κ3) is 6.68. The Hall–Kier alpha value is -2.69. The summed E-state index contributed by atoms with van der Waals surface area (Å²) in [7, 11) is 0. The minimum atomic E-state index is -0.727. The lowest BCUT2D eigenvalue weighted by Gasteiger charge is -2.12. The molecule has 10 heteroatoms. The summed E-state index contributed by atoms with van der Waals surface area (Å²) in [6.45, 7) is 2.44. The maximum Gasteiger partial charge on any atom is 0.271 e. The summed E-state index contributed by atoms with van der Waals surface area (Å²) in [5.41, 5.74) is 2.49. The van der Waals surface area contributed by atoms with Crippen LogP contribution in [-0.2, 0) is 11.4 Å². The van der Waals surface area contributed by atoms with Crippen LogP contribution in [0.5, 0.6) is 5.75 Å². The molecule has 0 saturated heterocycles. The molecule has 0 bridgehead atoms. The molecule has 0 aromatic heterocycles. The summed E-state index contributed by atoms with van der Waals surface area (Å²) in [4.78, 5) is 23.0. The number of nitriles is 1. The topological polar surface area (TPSA) is 105 Å². The summed E-state index contributed by atoms with van der Waals surface area (Å²) in [5.74, 6) is -0.0140. The number of anilines is 1. The molecule has 172 valence electrons. The Bertz CT molecular complexity index is 1310. The SMILES string of the molecule is Cc1ccc(COc2c(I)cc(/C=C(\C#N)C(=O)Nc3cc([N+](=O)[O-])ccc3Cl)cc2I)cc1. The number of aryl methyl sites for hydroxylation is 1. The monoisotopic (exact) mass is 699 g/mol. The number of benzene rings is 3. The lowest BCUT2D eigenvalue weighted by atomic mass is 10.1. The second kappa shape index (κ2) is 11.6. The van der Waals surface area contributed by atoms with E-state index in [9.17, 15) is 20.2 Å². The Balaban J connectivity index is 1.79. The van der Waals surface area contributed by atoms with Crippen LogP contribution >= 0.6 is 56.8 Å². The van der Waals surface area contributed by atoms with Gasteiger partial charge in [-0.15, -0.1) is 0 Å². The molecule has 3 aromatic rings. The highest BCUT2D eigenvalue weighted by Crippen LogP contribution is 2.31. The third-order valence-electron chi connectivity index (χ3n) is 4.61. The van der Waals surface area contributed by atoms with Crippen LogP contribution in [0.2, 0.25) is 5.02 Å². The smallest absolute Gasteiger partial charge is 0.271 e. The molecule has 0 aliphatic rings. The number of nitro groups is 1. The summed E-state index contributed by atoms with van der Waals surface area (Å²) in [6, 6.07) is 17.2. The van der Waals surface area contributed by atoms with Gasteiger partial charge in [0.05, 0.1) is 22.8 Å². The molecule has 3 aromatic carbocycles. The van der Waals surface area contributed by atoms with Crippen molar-refractivity contribution in [1.29, 1.82) is 5.26 Å². The molecule has 7 nitrogen and oxygen atoms in total. The minimum absolute atomic E-state index is 0.0473. The molecule has 0 fully saturated rings. The van der Waals surface area contributed by atoms with E-state index in [0.717, 1.165) is 18.8 Å². The molecule has 1 amide bonds. The van der Waals surface area contributed by atoms with Gasteiger partial charge in [0.25, 0.3) is 11.6 Å². The predicted molar refractivity (Wildman–Crippen MR) is 148 cm³/mol. The van der Waals surface area contributed by atoms with Crippen LogP contribution in [0.4, 0.5) is 11.4 Å². The Labute approximate surface area is 228 Å². The summed E-state index contributed by atoms with van der Waals surface area (Å²) in [6.07, 6.45) is 1.44. The van der Waals surface area contributed by atoms with Crippen molar-refractivity contribution < 1.29 is 14.5 Å². The predicted octanol–water partition coefficient (Wildman–Crippen LogP) is 6.89. The normalized spacial score (nSPS) is 11.0. The summed E-state index contributed by atoms with van der Waals surface area (Å²) in [5, 5.41) is 23.1. The van der Waals surface area contributed by atoms with Crippen LogP contribution in [0, 0.1) is 35.5 Å². The van der Waals surface area contributed by atoms with Crippen molar-refractivity contribution in [2.75, 3.05) is 5.32 Å². The second-order valence-electron chi connectivity index (χ2n) is 7.13. The average Bonchev–Trinajstić information content (AvgIpc) is 2.79. The van der Waals surface area contributed by atoms with Gasteiger partial charge in [0, 0.05) is 12.1 Å². The molecule has 0 radical (unpaired) electrons. The van der Waals surface area contributed by atoms with Crippen molar-refractivity contribution in [3.8, 4) is 11.8 Å².